The molecule has 8 heteroatoms. The number of rotatable bonds is 5. The van der Waals surface area contributed by atoms with Crippen LogP contribution < -0.4 is 4.72 Å². The van der Waals surface area contributed by atoms with Gasteiger partial charge in [0.2, 0.25) is 10.0 Å². The van der Waals surface area contributed by atoms with Gasteiger partial charge < -0.3 is 0 Å². The Labute approximate surface area is 133 Å². The molecular weight excluding hydrogens is 330 g/mol. The molecule has 2 heterocycles. The Morgan fingerprint density at radius 3 is 2.90 bits per heavy atom. The van der Waals surface area contributed by atoms with Crippen molar-refractivity contribution in [1.29, 1.82) is 0 Å². The smallest absolute Gasteiger partial charge is 0.250 e. The molecule has 0 spiro atoms. The normalized spacial score (nSPS) is 15.1. The molecule has 114 valence electrons. The predicted octanol–water partition coefficient (Wildman–Crippen LogP) is 2.46. The van der Waals surface area contributed by atoms with Crippen LogP contribution in [0.3, 0.4) is 0 Å². The van der Waals surface area contributed by atoms with E-state index in [4.69, 9.17) is 11.6 Å². The van der Waals surface area contributed by atoms with Gasteiger partial charge >= 0.3 is 0 Å². The minimum atomic E-state index is -3.47. The quantitative estimate of drug-likeness (QED) is 0.905. The van der Waals surface area contributed by atoms with Crippen LogP contribution in [-0.4, -0.2) is 24.7 Å². The van der Waals surface area contributed by atoms with E-state index in [0.29, 0.717) is 17.4 Å². The number of sulfonamides is 1. The molecular formula is C13H16ClN3O2S2. The first-order valence-electron chi connectivity index (χ1n) is 6.85. The summed E-state index contributed by atoms with van der Waals surface area (Å²) in [5.74, 6) is 0. The van der Waals surface area contributed by atoms with Crippen LogP contribution >= 0.6 is 22.9 Å². The predicted molar refractivity (Wildman–Crippen MR) is 83.4 cm³/mol. The maximum absolute atomic E-state index is 12.1. The first kappa shape index (κ1) is 15.0. The summed E-state index contributed by atoms with van der Waals surface area (Å²) in [5, 5.41) is 4.36. The maximum Gasteiger partial charge on any atom is 0.250 e. The number of nitrogens with one attached hydrogen (secondary N) is 1. The van der Waals surface area contributed by atoms with E-state index in [2.05, 4.69) is 9.82 Å². The molecule has 2 aromatic rings. The van der Waals surface area contributed by atoms with Gasteiger partial charge in [0.15, 0.2) is 0 Å². The van der Waals surface area contributed by atoms with Crippen molar-refractivity contribution in [2.45, 2.75) is 36.4 Å². The number of fused-ring (bicyclic) bond motifs is 1. The average Bonchev–Trinajstić information content (AvgIpc) is 3.06. The minimum Gasteiger partial charge on any atom is -0.268 e. The van der Waals surface area contributed by atoms with Gasteiger partial charge in [0.1, 0.15) is 4.21 Å². The lowest BCUT2D eigenvalue weighted by Gasteiger charge is -2.14. The number of hydrogen-bond acceptors (Lipinski definition) is 4. The number of nitrogens with zero attached hydrogens (tertiary/aromatic N) is 2. The van der Waals surface area contributed by atoms with Crippen LogP contribution in [0.15, 0.2) is 22.5 Å². The third-order valence-electron chi connectivity index (χ3n) is 3.57. The summed E-state index contributed by atoms with van der Waals surface area (Å²) in [5.41, 5.74) is 2.55. The summed E-state index contributed by atoms with van der Waals surface area (Å²) in [7, 11) is -3.47. The van der Waals surface area contributed by atoms with Gasteiger partial charge in [-0.05, 0) is 43.4 Å². The number of halogens is 1. The second-order valence-electron chi connectivity index (χ2n) is 5.00. The van der Waals surface area contributed by atoms with E-state index in [9.17, 15) is 8.42 Å². The minimum absolute atomic E-state index is 0.245. The average molecular weight is 346 g/mol. The highest BCUT2D eigenvalue weighted by molar-refractivity contribution is 7.91. The molecule has 3 rings (SSSR count). The highest BCUT2D eigenvalue weighted by Gasteiger charge is 2.18. The molecule has 1 aliphatic rings. The molecule has 1 N–H and O–H groups in total. The van der Waals surface area contributed by atoms with Crippen LogP contribution in [0, 0.1) is 0 Å². The van der Waals surface area contributed by atoms with Gasteiger partial charge in [-0.3, -0.25) is 4.68 Å². The van der Waals surface area contributed by atoms with Crippen molar-refractivity contribution >= 4 is 33.0 Å². The third kappa shape index (κ3) is 3.31. The first-order valence-corrected chi connectivity index (χ1v) is 9.52. The van der Waals surface area contributed by atoms with E-state index in [1.54, 1.807) is 6.07 Å². The van der Waals surface area contributed by atoms with Crippen molar-refractivity contribution in [2.24, 2.45) is 0 Å². The van der Waals surface area contributed by atoms with Gasteiger partial charge in [0, 0.05) is 12.2 Å². The van der Waals surface area contributed by atoms with Gasteiger partial charge in [0.05, 0.1) is 17.1 Å². The largest absolute Gasteiger partial charge is 0.268 e. The molecule has 21 heavy (non-hydrogen) atoms. The van der Waals surface area contributed by atoms with E-state index < -0.39 is 10.0 Å². The second-order valence-corrected chi connectivity index (χ2v) is 8.71. The van der Waals surface area contributed by atoms with Crippen LogP contribution in [-0.2, 0) is 29.4 Å². The van der Waals surface area contributed by atoms with Gasteiger partial charge in [-0.1, -0.05) is 11.6 Å². The second kappa shape index (κ2) is 6.08. The Bertz CT molecular complexity index is 736. The lowest BCUT2D eigenvalue weighted by Crippen LogP contribution is -2.27. The summed E-state index contributed by atoms with van der Waals surface area (Å²) in [6, 6.07) is 3.11. The molecule has 0 radical (unpaired) electrons. The maximum atomic E-state index is 12.1. The lowest BCUT2D eigenvalue weighted by atomic mass is 9.98. The molecule has 0 atom stereocenters. The van der Waals surface area contributed by atoms with E-state index in [1.165, 1.54) is 30.2 Å². The monoisotopic (exact) mass is 345 g/mol. The highest BCUT2D eigenvalue weighted by atomic mass is 35.5. The molecule has 0 unspecified atom stereocenters. The number of aromatic nitrogens is 2. The lowest BCUT2D eigenvalue weighted by molar-refractivity contribution is 0.539. The standard InChI is InChI=1S/C13H16ClN3O2S2/c14-12-5-6-13(20-12)21(18,19)16-7-8-17-11-4-2-1-3-10(11)9-15-17/h5-6,9,16H,1-4,7-8H2. The number of hydrogen-bond donors (Lipinski definition) is 1. The van der Waals surface area contributed by atoms with Crippen LogP contribution in [0.4, 0.5) is 0 Å². The molecule has 2 aromatic heterocycles. The van der Waals surface area contributed by atoms with Crippen molar-refractivity contribution < 1.29 is 8.42 Å². The van der Waals surface area contributed by atoms with Crippen LogP contribution in [0.25, 0.3) is 0 Å². The zero-order valence-electron chi connectivity index (χ0n) is 11.4. The van der Waals surface area contributed by atoms with Crippen molar-refractivity contribution in [1.82, 2.24) is 14.5 Å². The van der Waals surface area contributed by atoms with Gasteiger partial charge in [-0.2, -0.15) is 5.10 Å². The van der Waals surface area contributed by atoms with Crippen LogP contribution in [0.1, 0.15) is 24.1 Å². The van der Waals surface area contributed by atoms with E-state index in [-0.39, 0.29) is 4.21 Å². The summed E-state index contributed by atoms with van der Waals surface area (Å²) >= 11 is 6.83. The molecule has 0 aromatic carbocycles. The van der Waals surface area contributed by atoms with Crippen molar-refractivity contribution in [2.75, 3.05) is 6.54 Å². The van der Waals surface area contributed by atoms with Gasteiger partial charge in [-0.25, -0.2) is 13.1 Å². The van der Waals surface area contributed by atoms with Crippen molar-refractivity contribution in [3.05, 3.63) is 33.9 Å². The Morgan fingerprint density at radius 2 is 2.14 bits per heavy atom. The van der Waals surface area contributed by atoms with Crippen LogP contribution in [0.2, 0.25) is 4.34 Å². The topological polar surface area (TPSA) is 64.0 Å². The fourth-order valence-corrected chi connectivity index (χ4v) is 5.10. The number of aryl methyl sites for hydroxylation is 1. The summed E-state index contributed by atoms with van der Waals surface area (Å²) in [6.45, 7) is 0.875. The van der Waals surface area contributed by atoms with E-state index >= 15 is 0 Å². The Kier molecular flexibility index (Phi) is 4.35. The molecule has 0 saturated heterocycles. The molecule has 5 nitrogen and oxygen atoms in total. The Balaban J connectivity index is 1.62. The van der Waals surface area contributed by atoms with Gasteiger partial charge in [0.25, 0.3) is 0 Å². The number of thiophene rings is 1. The molecule has 0 amide bonds. The first-order chi connectivity index (χ1) is 10.1. The molecule has 0 aliphatic heterocycles. The SMILES string of the molecule is O=S(=O)(NCCn1ncc2c1CCCC2)c1ccc(Cl)s1. The van der Waals surface area contributed by atoms with Crippen LogP contribution in [0.5, 0.6) is 0 Å². The zero-order valence-corrected chi connectivity index (χ0v) is 13.8. The van der Waals surface area contributed by atoms with Crippen molar-refractivity contribution in [3.8, 4) is 0 Å². The van der Waals surface area contributed by atoms with Gasteiger partial charge in [-0.15, -0.1) is 11.3 Å². The Morgan fingerprint density at radius 1 is 1.33 bits per heavy atom. The molecule has 0 bridgehead atoms. The molecule has 1 aliphatic carbocycles. The van der Waals surface area contributed by atoms with Crippen molar-refractivity contribution in [3.63, 3.8) is 0 Å². The molecule has 0 fully saturated rings. The molecule has 0 saturated carbocycles. The van der Waals surface area contributed by atoms with E-state index in [0.717, 1.165) is 24.2 Å². The van der Waals surface area contributed by atoms with E-state index in [1.807, 2.05) is 10.9 Å². The summed E-state index contributed by atoms with van der Waals surface area (Å²) in [4.78, 5) is 0. The third-order valence-corrected chi connectivity index (χ3v) is 6.76. The Hall–Kier alpha value is -0.890. The summed E-state index contributed by atoms with van der Waals surface area (Å²) in [6.07, 6.45) is 6.40. The summed E-state index contributed by atoms with van der Waals surface area (Å²) < 4.78 is 29.4. The fourth-order valence-electron chi connectivity index (χ4n) is 2.55. The highest BCUT2D eigenvalue weighted by Crippen LogP contribution is 2.25. The fraction of sp³-hybridized carbons (Fsp3) is 0.462. The zero-order chi connectivity index (χ0) is 14.9.